The van der Waals surface area contributed by atoms with Crippen LogP contribution < -0.4 is 10.6 Å². The first-order chi connectivity index (χ1) is 8.16. The highest BCUT2D eigenvalue weighted by Gasteiger charge is 2.23. The van der Waals surface area contributed by atoms with Crippen molar-refractivity contribution in [3.05, 3.63) is 18.5 Å². The quantitative estimate of drug-likeness (QED) is 0.890. The number of hydrogen-bond donors (Lipinski definition) is 2. The van der Waals surface area contributed by atoms with Gasteiger partial charge in [0.2, 0.25) is 5.91 Å². The van der Waals surface area contributed by atoms with Gasteiger partial charge in [-0.15, -0.1) is 24.8 Å². The Bertz CT molecular complexity index is 372. The number of aromatic nitrogens is 2. The van der Waals surface area contributed by atoms with Crippen molar-refractivity contribution in [2.24, 2.45) is 0 Å². The third-order valence-corrected chi connectivity index (χ3v) is 3.27. The van der Waals surface area contributed by atoms with Crippen LogP contribution in [-0.4, -0.2) is 34.3 Å². The summed E-state index contributed by atoms with van der Waals surface area (Å²) < 4.78 is 1.68. The molecule has 0 bridgehead atoms. The van der Waals surface area contributed by atoms with E-state index < -0.39 is 0 Å². The van der Waals surface area contributed by atoms with Crippen molar-refractivity contribution in [3.63, 3.8) is 0 Å². The highest BCUT2D eigenvalue weighted by atomic mass is 35.5. The van der Waals surface area contributed by atoms with E-state index in [9.17, 15) is 4.79 Å². The fraction of sp³-hybridized carbons (Fsp3) is 0.667. The predicted molar refractivity (Wildman–Crippen MR) is 80.1 cm³/mol. The topological polar surface area (TPSA) is 59.0 Å². The summed E-state index contributed by atoms with van der Waals surface area (Å²) in [5.41, 5.74) is 0. The lowest BCUT2D eigenvalue weighted by molar-refractivity contribution is -0.125. The van der Waals surface area contributed by atoms with Gasteiger partial charge in [0.15, 0.2) is 0 Å². The van der Waals surface area contributed by atoms with E-state index in [0.29, 0.717) is 6.04 Å². The summed E-state index contributed by atoms with van der Waals surface area (Å²) in [6, 6.07) is 2.36. The number of piperidine rings is 1. The predicted octanol–water partition coefficient (Wildman–Crippen LogP) is 1.54. The van der Waals surface area contributed by atoms with Gasteiger partial charge in [0.25, 0.3) is 0 Å². The molecule has 110 valence electrons. The molecule has 3 unspecified atom stereocenters. The van der Waals surface area contributed by atoms with Crippen LogP contribution in [0.1, 0.15) is 32.7 Å². The van der Waals surface area contributed by atoms with Crippen LogP contribution in [0.15, 0.2) is 18.5 Å². The standard InChI is InChI=1S/C12H20N4O.2ClH/c1-9-8-11(4-6-13-9)15-12(17)10(2)16-7-3-5-14-16;;/h3,5,7,9-11,13H,4,6,8H2,1-2H3,(H,15,17);2*1H. The first-order valence-corrected chi connectivity index (χ1v) is 6.19. The Balaban J connectivity index is 0.00000162. The van der Waals surface area contributed by atoms with E-state index in [1.54, 1.807) is 10.9 Å². The molecule has 0 radical (unpaired) electrons. The summed E-state index contributed by atoms with van der Waals surface area (Å²) in [5.74, 6) is 0.0489. The van der Waals surface area contributed by atoms with Crippen LogP contribution in [0.5, 0.6) is 0 Å². The molecule has 2 heterocycles. The van der Waals surface area contributed by atoms with Gasteiger partial charge in [0.05, 0.1) is 0 Å². The molecule has 1 fully saturated rings. The molecule has 1 aromatic heterocycles. The van der Waals surface area contributed by atoms with E-state index in [2.05, 4.69) is 22.7 Å². The fourth-order valence-corrected chi connectivity index (χ4v) is 2.21. The Kier molecular flexibility index (Phi) is 8.06. The minimum Gasteiger partial charge on any atom is -0.351 e. The van der Waals surface area contributed by atoms with E-state index in [1.165, 1.54) is 0 Å². The number of carbonyl (C=O) groups is 1. The van der Waals surface area contributed by atoms with Gasteiger partial charge in [-0.25, -0.2) is 0 Å². The number of nitrogens with zero attached hydrogens (tertiary/aromatic N) is 2. The van der Waals surface area contributed by atoms with Crippen LogP contribution >= 0.6 is 24.8 Å². The normalized spacial score (nSPS) is 23.7. The molecule has 0 spiro atoms. The summed E-state index contributed by atoms with van der Waals surface area (Å²) in [5, 5.41) is 10.6. The van der Waals surface area contributed by atoms with Crippen molar-refractivity contribution in [1.29, 1.82) is 0 Å². The van der Waals surface area contributed by atoms with Crippen LogP contribution in [-0.2, 0) is 4.79 Å². The lowest BCUT2D eigenvalue weighted by atomic mass is 10.0. The second kappa shape index (κ2) is 8.40. The highest BCUT2D eigenvalue weighted by Crippen LogP contribution is 2.10. The zero-order valence-corrected chi connectivity index (χ0v) is 12.8. The Labute approximate surface area is 126 Å². The van der Waals surface area contributed by atoms with Crippen molar-refractivity contribution in [1.82, 2.24) is 20.4 Å². The molecule has 1 aliphatic rings. The summed E-state index contributed by atoms with van der Waals surface area (Å²) in [4.78, 5) is 12.0. The van der Waals surface area contributed by atoms with Crippen LogP contribution in [0.2, 0.25) is 0 Å². The summed E-state index contributed by atoms with van der Waals surface area (Å²) >= 11 is 0. The Morgan fingerprint density at radius 3 is 2.84 bits per heavy atom. The lowest BCUT2D eigenvalue weighted by Crippen LogP contribution is -2.48. The Morgan fingerprint density at radius 1 is 1.53 bits per heavy atom. The molecule has 1 aliphatic heterocycles. The van der Waals surface area contributed by atoms with Crippen LogP contribution in [0.4, 0.5) is 0 Å². The molecule has 5 nitrogen and oxygen atoms in total. The molecule has 7 heteroatoms. The van der Waals surface area contributed by atoms with Gasteiger partial charge < -0.3 is 10.6 Å². The lowest BCUT2D eigenvalue weighted by Gasteiger charge is -2.29. The van der Waals surface area contributed by atoms with Crippen LogP contribution in [0, 0.1) is 0 Å². The second-order valence-corrected chi connectivity index (χ2v) is 4.75. The summed E-state index contributed by atoms with van der Waals surface area (Å²) in [6.07, 6.45) is 5.51. The first kappa shape index (κ1) is 18.2. The zero-order chi connectivity index (χ0) is 12.3. The van der Waals surface area contributed by atoms with Crippen molar-refractivity contribution >= 4 is 30.7 Å². The van der Waals surface area contributed by atoms with E-state index in [-0.39, 0.29) is 42.8 Å². The smallest absolute Gasteiger partial charge is 0.244 e. The largest absolute Gasteiger partial charge is 0.351 e. The van der Waals surface area contributed by atoms with Crippen molar-refractivity contribution < 1.29 is 4.79 Å². The molecule has 1 amide bonds. The van der Waals surface area contributed by atoms with E-state index in [1.807, 2.05) is 19.2 Å². The number of carbonyl (C=O) groups excluding carboxylic acids is 1. The van der Waals surface area contributed by atoms with Gasteiger partial charge in [0, 0.05) is 24.5 Å². The van der Waals surface area contributed by atoms with Gasteiger partial charge >= 0.3 is 0 Å². The molecule has 0 saturated carbocycles. The third-order valence-electron chi connectivity index (χ3n) is 3.27. The van der Waals surface area contributed by atoms with Crippen molar-refractivity contribution in [3.8, 4) is 0 Å². The number of halogens is 2. The number of nitrogens with one attached hydrogen (secondary N) is 2. The number of hydrogen-bond acceptors (Lipinski definition) is 3. The highest BCUT2D eigenvalue weighted by molar-refractivity contribution is 5.85. The van der Waals surface area contributed by atoms with E-state index in [4.69, 9.17) is 0 Å². The molecule has 2 rings (SSSR count). The molecule has 19 heavy (non-hydrogen) atoms. The number of amides is 1. The summed E-state index contributed by atoms with van der Waals surface area (Å²) in [7, 11) is 0. The minimum atomic E-state index is -0.241. The second-order valence-electron chi connectivity index (χ2n) is 4.75. The van der Waals surface area contributed by atoms with Gasteiger partial charge in [-0.05, 0) is 39.3 Å². The van der Waals surface area contributed by atoms with Gasteiger partial charge in [-0.1, -0.05) is 0 Å². The molecule has 0 aromatic carbocycles. The van der Waals surface area contributed by atoms with E-state index in [0.717, 1.165) is 19.4 Å². The molecule has 3 atom stereocenters. The van der Waals surface area contributed by atoms with Gasteiger partial charge in [-0.3, -0.25) is 9.48 Å². The van der Waals surface area contributed by atoms with Crippen LogP contribution in [0.25, 0.3) is 0 Å². The Hall–Kier alpha value is -0.780. The molecule has 1 aromatic rings. The monoisotopic (exact) mass is 308 g/mol. The number of rotatable bonds is 3. The molecular weight excluding hydrogens is 287 g/mol. The fourth-order valence-electron chi connectivity index (χ4n) is 2.21. The Morgan fingerprint density at radius 2 is 2.26 bits per heavy atom. The maximum Gasteiger partial charge on any atom is 0.244 e. The van der Waals surface area contributed by atoms with Crippen LogP contribution in [0.3, 0.4) is 0 Å². The van der Waals surface area contributed by atoms with E-state index >= 15 is 0 Å². The maximum absolute atomic E-state index is 12.0. The average Bonchev–Trinajstić information content (AvgIpc) is 2.81. The molecule has 1 saturated heterocycles. The third kappa shape index (κ3) is 5.01. The van der Waals surface area contributed by atoms with Gasteiger partial charge in [0.1, 0.15) is 6.04 Å². The minimum absolute atomic E-state index is 0. The first-order valence-electron chi connectivity index (χ1n) is 6.19. The SMILES string of the molecule is CC1CC(NC(=O)C(C)n2cccn2)CCN1.Cl.Cl. The van der Waals surface area contributed by atoms with Crippen molar-refractivity contribution in [2.45, 2.75) is 44.8 Å². The van der Waals surface area contributed by atoms with Crippen molar-refractivity contribution in [2.75, 3.05) is 6.54 Å². The summed E-state index contributed by atoms with van der Waals surface area (Å²) in [6.45, 7) is 4.99. The zero-order valence-electron chi connectivity index (χ0n) is 11.2. The molecule has 0 aliphatic carbocycles. The average molecular weight is 309 g/mol. The van der Waals surface area contributed by atoms with Gasteiger partial charge in [-0.2, -0.15) is 5.10 Å². The molecule has 2 N–H and O–H groups in total. The molecular formula is C12H22Cl2N4O. The maximum atomic E-state index is 12.0.